The summed E-state index contributed by atoms with van der Waals surface area (Å²) in [5.41, 5.74) is 0. The van der Waals surface area contributed by atoms with Gasteiger partial charge in [-0.05, 0) is 35.3 Å². The van der Waals surface area contributed by atoms with Gasteiger partial charge in [0.1, 0.15) is 12.1 Å². The van der Waals surface area contributed by atoms with Gasteiger partial charge in [0.05, 0.1) is 4.47 Å². The van der Waals surface area contributed by atoms with E-state index < -0.39 is 0 Å². The third-order valence-electron chi connectivity index (χ3n) is 3.79. The Bertz CT molecular complexity index is 398. The number of nitrogens with zero attached hydrogens (tertiary/aromatic N) is 4. The highest BCUT2D eigenvalue weighted by Gasteiger charge is 2.29. The van der Waals surface area contributed by atoms with Gasteiger partial charge in [-0.1, -0.05) is 6.42 Å². The van der Waals surface area contributed by atoms with Gasteiger partial charge in [-0.15, -0.1) is 0 Å². The molecule has 92 valence electrons. The Morgan fingerprint density at radius 3 is 3.06 bits per heavy atom. The van der Waals surface area contributed by atoms with Crippen molar-refractivity contribution in [1.82, 2.24) is 14.9 Å². The summed E-state index contributed by atoms with van der Waals surface area (Å²) in [5.74, 6) is 1.05. The monoisotopic (exact) mass is 296 g/mol. The molecule has 1 aromatic heterocycles. The lowest BCUT2D eigenvalue weighted by Crippen LogP contribution is -2.55. The molecule has 3 heterocycles. The van der Waals surface area contributed by atoms with Crippen molar-refractivity contribution in [2.24, 2.45) is 0 Å². The summed E-state index contributed by atoms with van der Waals surface area (Å²) >= 11 is 3.54. The van der Waals surface area contributed by atoms with Crippen LogP contribution in [-0.4, -0.2) is 47.1 Å². The van der Waals surface area contributed by atoms with Crippen LogP contribution in [0.5, 0.6) is 0 Å². The maximum Gasteiger partial charge on any atom is 0.146 e. The van der Waals surface area contributed by atoms with Crippen LogP contribution in [0.1, 0.15) is 19.3 Å². The summed E-state index contributed by atoms with van der Waals surface area (Å²) in [6.07, 6.45) is 7.54. The van der Waals surface area contributed by atoms with Crippen LogP contribution in [0.15, 0.2) is 17.0 Å². The van der Waals surface area contributed by atoms with E-state index >= 15 is 0 Å². The van der Waals surface area contributed by atoms with E-state index in [-0.39, 0.29) is 0 Å². The van der Waals surface area contributed by atoms with Crippen LogP contribution >= 0.6 is 15.9 Å². The predicted molar refractivity (Wildman–Crippen MR) is 71.2 cm³/mol. The number of aromatic nitrogens is 2. The van der Waals surface area contributed by atoms with Crippen molar-refractivity contribution >= 4 is 21.7 Å². The Hall–Kier alpha value is -0.680. The van der Waals surface area contributed by atoms with E-state index in [4.69, 9.17) is 0 Å². The van der Waals surface area contributed by atoms with Crippen LogP contribution in [-0.2, 0) is 0 Å². The van der Waals surface area contributed by atoms with E-state index in [0.29, 0.717) is 0 Å². The maximum absolute atomic E-state index is 4.39. The molecule has 0 amide bonds. The Morgan fingerprint density at radius 1 is 1.24 bits per heavy atom. The average Bonchev–Trinajstić information content (AvgIpc) is 2.39. The minimum atomic E-state index is 0.722. The number of piperazine rings is 1. The standard InChI is InChI=1S/C12H17BrN4/c13-11-7-14-9-15-12(11)17-6-5-16-4-2-1-3-10(16)8-17/h7,9-10H,1-6,8H2. The molecule has 2 aliphatic heterocycles. The number of hydrogen-bond acceptors (Lipinski definition) is 4. The number of halogens is 1. The van der Waals surface area contributed by atoms with E-state index in [1.807, 2.05) is 6.20 Å². The molecule has 0 saturated carbocycles. The molecule has 17 heavy (non-hydrogen) atoms. The van der Waals surface area contributed by atoms with E-state index in [0.717, 1.165) is 29.4 Å². The van der Waals surface area contributed by atoms with Crippen LogP contribution in [0.4, 0.5) is 5.82 Å². The van der Waals surface area contributed by atoms with Gasteiger partial charge in [-0.25, -0.2) is 9.97 Å². The van der Waals surface area contributed by atoms with Gasteiger partial charge in [-0.3, -0.25) is 4.90 Å². The number of rotatable bonds is 1. The lowest BCUT2D eigenvalue weighted by molar-refractivity contribution is 0.133. The van der Waals surface area contributed by atoms with Gasteiger partial charge >= 0.3 is 0 Å². The second kappa shape index (κ2) is 4.90. The third-order valence-corrected chi connectivity index (χ3v) is 4.34. The highest BCUT2D eigenvalue weighted by atomic mass is 79.9. The largest absolute Gasteiger partial charge is 0.353 e. The summed E-state index contributed by atoms with van der Waals surface area (Å²) in [4.78, 5) is 13.4. The quantitative estimate of drug-likeness (QED) is 0.792. The van der Waals surface area contributed by atoms with Crippen molar-refractivity contribution in [2.75, 3.05) is 31.1 Å². The lowest BCUT2D eigenvalue weighted by atomic mass is 9.99. The Labute approximate surface area is 110 Å². The lowest BCUT2D eigenvalue weighted by Gasteiger charge is -2.44. The van der Waals surface area contributed by atoms with Crippen LogP contribution in [0.25, 0.3) is 0 Å². The van der Waals surface area contributed by atoms with Gasteiger partial charge in [0.25, 0.3) is 0 Å². The van der Waals surface area contributed by atoms with E-state index in [2.05, 4.69) is 35.7 Å². The molecule has 0 aliphatic carbocycles. The Morgan fingerprint density at radius 2 is 2.18 bits per heavy atom. The molecule has 0 aromatic carbocycles. The second-order valence-corrected chi connectivity index (χ2v) is 5.68. The fourth-order valence-corrected chi connectivity index (χ4v) is 3.36. The molecular weight excluding hydrogens is 280 g/mol. The molecule has 0 radical (unpaired) electrons. The van der Waals surface area contributed by atoms with Gasteiger partial charge in [-0.2, -0.15) is 0 Å². The van der Waals surface area contributed by atoms with Gasteiger partial charge in [0, 0.05) is 31.9 Å². The molecule has 1 atom stereocenters. The minimum Gasteiger partial charge on any atom is -0.353 e. The average molecular weight is 297 g/mol. The highest BCUT2D eigenvalue weighted by Crippen LogP contribution is 2.27. The third kappa shape index (κ3) is 2.31. The molecular formula is C12H17BrN4. The summed E-state index contributed by atoms with van der Waals surface area (Å²) < 4.78 is 1.00. The first-order chi connectivity index (χ1) is 8.34. The number of fused-ring (bicyclic) bond motifs is 1. The van der Waals surface area contributed by atoms with Crippen molar-refractivity contribution in [1.29, 1.82) is 0 Å². The summed E-state index contributed by atoms with van der Waals surface area (Å²) in [5, 5.41) is 0. The topological polar surface area (TPSA) is 32.3 Å². The van der Waals surface area contributed by atoms with Crippen molar-refractivity contribution in [3.63, 3.8) is 0 Å². The maximum atomic E-state index is 4.39. The van der Waals surface area contributed by atoms with Gasteiger partial charge in [0.15, 0.2) is 0 Å². The zero-order valence-corrected chi connectivity index (χ0v) is 11.4. The summed E-state index contributed by atoms with van der Waals surface area (Å²) in [6, 6.07) is 0.722. The highest BCUT2D eigenvalue weighted by molar-refractivity contribution is 9.10. The van der Waals surface area contributed by atoms with E-state index in [1.54, 1.807) is 6.33 Å². The number of anilines is 1. The van der Waals surface area contributed by atoms with Crippen LogP contribution in [0.2, 0.25) is 0 Å². The first kappa shape index (κ1) is 11.4. The SMILES string of the molecule is Brc1cncnc1N1CCN2CCCCC2C1. The fourth-order valence-electron chi connectivity index (χ4n) is 2.89. The molecule has 4 nitrogen and oxygen atoms in total. The molecule has 0 spiro atoms. The molecule has 2 fully saturated rings. The van der Waals surface area contributed by atoms with E-state index in [9.17, 15) is 0 Å². The predicted octanol–water partition coefficient (Wildman–Crippen LogP) is 1.91. The number of hydrogen-bond donors (Lipinski definition) is 0. The summed E-state index contributed by atoms with van der Waals surface area (Å²) in [7, 11) is 0. The first-order valence-electron chi connectivity index (χ1n) is 6.29. The molecule has 1 aromatic rings. The smallest absolute Gasteiger partial charge is 0.146 e. The minimum absolute atomic E-state index is 0.722. The molecule has 3 rings (SSSR count). The fraction of sp³-hybridized carbons (Fsp3) is 0.667. The molecule has 2 aliphatic rings. The Balaban J connectivity index is 1.76. The van der Waals surface area contributed by atoms with Crippen LogP contribution < -0.4 is 4.90 Å². The van der Waals surface area contributed by atoms with E-state index in [1.165, 1.54) is 32.4 Å². The number of piperidine rings is 1. The first-order valence-corrected chi connectivity index (χ1v) is 7.08. The van der Waals surface area contributed by atoms with Crippen molar-refractivity contribution < 1.29 is 0 Å². The summed E-state index contributed by atoms with van der Waals surface area (Å²) in [6.45, 7) is 4.63. The van der Waals surface area contributed by atoms with Gasteiger partial charge in [0.2, 0.25) is 0 Å². The zero-order chi connectivity index (χ0) is 11.7. The normalized spacial score (nSPS) is 25.7. The van der Waals surface area contributed by atoms with Crippen LogP contribution in [0, 0.1) is 0 Å². The van der Waals surface area contributed by atoms with Crippen molar-refractivity contribution in [2.45, 2.75) is 25.3 Å². The van der Waals surface area contributed by atoms with Crippen molar-refractivity contribution in [3.8, 4) is 0 Å². The zero-order valence-electron chi connectivity index (χ0n) is 9.85. The molecule has 0 N–H and O–H groups in total. The van der Waals surface area contributed by atoms with Crippen molar-refractivity contribution in [3.05, 3.63) is 17.0 Å². The molecule has 2 saturated heterocycles. The second-order valence-electron chi connectivity index (χ2n) is 4.83. The van der Waals surface area contributed by atoms with Gasteiger partial charge < -0.3 is 4.90 Å². The molecule has 1 unspecified atom stereocenters. The Kier molecular flexibility index (Phi) is 3.29. The van der Waals surface area contributed by atoms with Crippen LogP contribution in [0.3, 0.4) is 0 Å². The molecule has 0 bridgehead atoms. The molecule has 5 heteroatoms.